The van der Waals surface area contributed by atoms with E-state index in [4.69, 9.17) is 4.74 Å². The van der Waals surface area contributed by atoms with Crippen molar-refractivity contribution in [2.45, 2.75) is 38.5 Å². The monoisotopic (exact) mass is 264 g/mol. The van der Waals surface area contributed by atoms with Gasteiger partial charge in [-0.25, -0.2) is 0 Å². The lowest BCUT2D eigenvalue weighted by Gasteiger charge is -2.04. The third kappa shape index (κ3) is 9.25. The molecule has 106 valence electrons. The average Bonchev–Trinajstić information content (AvgIpc) is 2.46. The molecule has 0 amide bonds. The Labute approximate surface area is 115 Å². The molecule has 0 N–H and O–H groups in total. The Hall–Kier alpha value is -1.35. The Balaban J connectivity index is 1.80. The summed E-state index contributed by atoms with van der Waals surface area (Å²) in [4.78, 5) is 9.90. The summed E-state index contributed by atoms with van der Waals surface area (Å²) in [5.74, 6) is 0. The molecule has 1 aromatic rings. The van der Waals surface area contributed by atoms with Crippen molar-refractivity contribution in [2.75, 3.05) is 19.8 Å². The molecule has 0 aliphatic carbocycles. The molecular weight excluding hydrogens is 240 g/mol. The van der Waals surface area contributed by atoms with Crippen molar-refractivity contribution in [2.24, 2.45) is 0 Å². The van der Waals surface area contributed by atoms with Gasteiger partial charge >= 0.3 is 0 Å². The number of hydrogen-bond acceptors (Lipinski definition) is 3. The average molecular weight is 264 g/mol. The highest BCUT2D eigenvalue weighted by molar-refractivity contribution is 5.36. The van der Waals surface area contributed by atoms with Gasteiger partial charge in [0.2, 0.25) is 0 Å². The summed E-state index contributed by atoms with van der Waals surface area (Å²) in [6.45, 7) is 2.69. The number of hydrogen-bond donors (Lipinski definition) is 0. The van der Waals surface area contributed by atoms with E-state index in [2.05, 4.69) is 29.0 Å². The first-order valence-electron chi connectivity index (χ1n) is 7.10. The van der Waals surface area contributed by atoms with Gasteiger partial charge in [0.05, 0.1) is 6.61 Å². The second-order valence-corrected chi connectivity index (χ2v) is 4.58. The number of carbonyl (C=O) groups is 1. The normalized spacial score (nSPS) is 10.3. The van der Waals surface area contributed by atoms with Gasteiger partial charge in [0.25, 0.3) is 6.47 Å². The molecule has 0 spiro atoms. The fraction of sp³-hybridized carbons (Fsp3) is 0.562. The molecule has 3 nitrogen and oxygen atoms in total. The lowest BCUT2D eigenvalue weighted by Crippen LogP contribution is -1.99. The molecule has 1 rings (SSSR count). The van der Waals surface area contributed by atoms with Crippen molar-refractivity contribution in [3.05, 3.63) is 35.9 Å². The van der Waals surface area contributed by atoms with Crippen molar-refractivity contribution in [1.82, 2.24) is 0 Å². The standard InChI is InChI=1S/C16H24O3/c17-15-19-14-7-2-6-12-18-13-8-5-11-16-9-3-1-4-10-16/h1,3-4,9-10,15H,2,5-8,11-14H2. The highest BCUT2D eigenvalue weighted by atomic mass is 16.5. The molecule has 0 bridgehead atoms. The lowest BCUT2D eigenvalue weighted by molar-refractivity contribution is -0.128. The largest absolute Gasteiger partial charge is 0.468 e. The van der Waals surface area contributed by atoms with Crippen LogP contribution in [0.4, 0.5) is 0 Å². The summed E-state index contributed by atoms with van der Waals surface area (Å²) in [6, 6.07) is 10.6. The summed E-state index contributed by atoms with van der Waals surface area (Å²) in [5.41, 5.74) is 1.40. The zero-order valence-corrected chi connectivity index (χ0v) is 11.6. The van der Waals surface area contributed by atoms with E-state index in [9.17, 15) is 4.79 Å². The zero-order chi connectivity index (χ0) is 13.6. The third-order valence-electron chi connectivity index (χ3n) is 2.97. The maximum Gasteiger partial charge on any atom is 0.293 e. The first kappa shape index (κ1) is 15.7. The Bertz CT molecular complexity index is 311. The second-order valence-electron chi connectivity index (χ2n) is 4.58. The molecule has 0 saturated carbocycles. The predicted octanol–water partition coefficient (Wildman–Crippen LogP) is 3.37. The summed E-state index contributed by atoms with van der Waals surface area (Å²) in [7, 11) is 0. The van der Waals surface area contributed by atoms with Gasteiger partial charge in [0.15, 0.2) is 0 Å². The zero-order valence-electron chi connectivity index (χ0n) is 11.6. The number of aryl methyl sites for hydroxylation is 1. The van der Waals surface area contributed by atoms with Crippen LogP contribution < -0.4 is 0 Å². The van der Waals surface area contributed by atoms with E-state index < -0.39 is 0 Å². The van der Waals surface area contributed by atoms with Crippen molar-refractivity contribution in [1.29, 1.82) is 0 Å². The smallest absolute Gasteiger partial charge is 0.293 e. The molecule has 0 unspecified atom stereocenters. The van der Waals surface area contributed by atoms with Crippen molar-refractivity contribution < 1.29 is 14.3 Å². The van der Waals surface area contributed by atoms with Crippen molar-refractivity contribution >= 4 is 6.47 Å². The van der Waals surface area contributed by atoms with Gasteiger partial charge in [-0.1, -0.05) is 30.3 Å². The first-order chi connectivity index (χ1) is 9.43. The Kier molecular flexibility index (Phi) is 9.69. The number of ether oxygens (including phenoxy) is 2. The molecule has 19 heavy (non-hydrogen) atoms. The molecule has 0 aliphatic heterocycles. The van der Waals surface area contributed by atoms with Crippen LogP contribution in [0.15, 0.2) is 30.3 Å². The molecule has 0 heterocycles. The first-order valence-corrected chi connectivity index (χ1v) is 7.10. The number of unbranched alkanes of at least 4 members (excludes halogenated alkanes) is 3. The third-order valence-corrected chi connectivity index (χ3v) is 2.97. The fourth-order valence-corrected chi connectivity index (χ4v) is 1.89. The van der Waals surface area contributed by atoms with Crippen LogP contribution in [-0.4, -0.2) is 26.3 Å². The molecule has 0 radical (unpaired) electrons. The molecule has 0 aliphatic rings. The Morgan fingerprint density at radius 1 is 0.842 bits per heavy atom. The molecule has 0 saturated heterocycles. The van der Waals surface area contributed by atoms with Crippen LogP contribution in [-0.2, 0) is 20.7 Å². The van der Waals surface area contributed by atoms with Gasteiger partial charge in [-0.3, -0.25) is 4.79 Å². The minimum atomic E-state index is 0.503. The van der Waals surface area contributed by atoms with Crippen LogP contribution in [0.3, 0.4) is 0 Å². The number of carbonyl (C=O) groups excluding carboxylic acids is 1. The molecule has 1 aromatic carbocycles. The van der Waals surface area contributed by atoms with E-state index in [1.807, 2.05) is 6.07 Å². The maximum absolute atomic E-state index is 9.90. The quantitative estimate of drug-likeness (QED) is 0.429. The SMILES string of the molecule is O=COCCCCCOCCCCc1ccccc1. The molecule has 0 atom stereocenters. The number of rotatable bonds is 12. The van der Waals surface area contributed by atoms with E-state index >= 15 is 0 Å². The van der Waals surface area contributed by atoms with Gasteiger partial charge in [-0.15, -0.1) is 0 Å². The van der Waals surface area contributed by atoms with Gasteiger partial charge in [0, 0.05) is 13.2 Å². The summed E-state index contributed by atoms with van der Waals surface area (Å²) >= 11 is 0. The van der Waals surface area contributed by atoms with Crippen LogP contribution in [0.1, 0.15) is 37.7 Å². The minimum Gasteiger partial charge on any atom is -0.468 e. The molecule has 0 aromatic heterocycles. The molecular formula is C16H24O3. The van der Waals surface area contributed by atoms with E-state index in [0.717, 1.165) is 45.3 Å². The highest BCUT2D eigenvalue weighted by Crippen LogP contribution is 2.04. The summed E-state index contributed by atoms with van der Waals surface area (Å²) in [5, 5.41) is 0. The van der Waals surface area contributed by atoms with Crippen LogP contribution >= 0.6 is 0 Å². The van der Waals surface area contributed by atoms with Gasteiger partial charge in [-0.05, 0) is 44.1 Å². The molecule has 3 heteroatoms. The van der Waals surface area contributed by atoms with Gasteiger partial charge in [-0.2, -0.15) is 0 Å². The van der Waals surface area contributed by atoms with Crippen molar-refractivity contribution in [3.8, 4) is 0 Å². The van der Waals surface area contributed by atoms with E-state index in [-0.39, 0.29) is 0 Å². The Morgan fingerprint density at radius 3 is 2.26 bits per heavy atom. The van der Waals surface area contributed by atoms with E-state index in [1.54, 1.807) is 0 Å². The molecule has 0 fully saturated rings. The van der Waals surface area contributed by atoms with Crippen LogP contribution in [0.25, 0.3) is 0 Å². The highest BCUT2D eigenvalue weighted by Gasteiger charge is 1.94. The van der Waals surface area contributed by atoms with Crippen molar-refractivity contribution in [3.63, 3.8) is 0 Å². The summed E-state index contributed by atoms with van der Waals surface area (Å²) in [6.07, 6.45) is 6.45. The lowest BCUT2D eigenvalue weighted by atomic mass is 10.1. The predicted molar refractivity (Wildman–Crippen MR) is 76.1 cm³/mol. The van der Waals surface area contributed by atoms with E-state index in [0.29, 0.717) is 13.1 Å². The van der Waals surface area contributed by atoms with Crippen LogP contribution in [0, 0.1) is 0 Å². The Morgan fingerprint density at radius 2 is 1.53 bits per heavy atom. The summed E-state index contributed by atoms with van der Waals surface area (Å²) < 4.78 is 10.2. The van der Waals surface area contributed by atoms with Crippen LogP contribution in [0.2, 0.25) is 0 Å². The van der Waals surface area contributed by atoms with Crippen LogP contribution in [0.5, 0.6) is 0 Å². The maximum atomic E-state index is 9.90. The number of benzene rings is 1. The minimum absolute atomic E-state index is 0.503. The second kappa shape index (κ2) is 11.7. The van der Waals surface area contributed by atoms with Gasteiger partial charge < -0.3 is 9.47 Å². The van der Waals surface area contributed by atoms with Gasteiger partial charge in [0.1, 0.15) is 0 Å². The fourth-order valence-electron chi connectivity index (χ4n) is 1.89. The van der Waals surface area contributed by atoms with E-state index in [1.165, 1.54) is 12.0 Å². The topological polar surface area (TPSA) is 35.5 Å².